The Labute approximate surface area is 160 Å². The molecule has 8 heteroatoms. The molecule has 0 aliphatic rings. The second kappa shape index (κ2) is 7.15. The van der Waals surface area contributed by atoms with Gasteiger partial charge in [-0.3, -0.25) is 0 Å². The Morgan fingerprint density at radius 3 is 2.32 bits per heavy atom. The standard InChI is InChI=1S/C17H10Br2O5S/c18-11-4-6-14(7-5-11)25(21,22)16-9-8-15(24-16)17(20)23-13-3-1-2-12(19)10-13/h1-10H. The first-order valence-electron chi connectivity index (χ1n) is 6.94. The fourth-order valence-electron chi connectivity index (χ4n) is 1.99. The summed E-state index contributed by atoms with van der Waals surface area (Å²) in [4.78, 5) is 12.2. The highest BCUT2D eigenvalue weighted by Gasteiger charge is 2.24. The smallest absolute Gasteiger partial charge is 0.379 e. The lowest BCUT2D eigenvalue weighted by molar-refractivity contribution is 0.0695. The molecule has 3 rings (SSSR count). The van der Waals surface area contributed by atoms with Gasteiger partial charge in [-0.15, -0.1) is 0 Å². The van der Waals surface area contributed by atoms with Crippen molar-refractivity contribution < 1.29 is 22.4 Å². The number of benzene rings is 2. The molecule has 0 atom stereocenters. The van der Waals surface area contributed by atoms with Crippen molar-refractivity contribution in [2.24, 2.45) is 0 Å². The minimum absolute atomic E-state index is 0.0666. The van der Waals surface area contributed by atoms with Crippen molar-refractivity contribution in [1.82, 2.24) is 0 Å². The fraction of sp³-hybridized carbons (Fsp3) is 0. The van der Waals surface area contributed by atoms with Crippen LogP contribution in [-0.2, 0) is 9.84 Å². The van der Waals surface area contributed by atoms with Crippen LogP contribution in [0.3, 0.4) is 0 Å². The van der Waals surface area contributed by atoms with Crippen molar-refractivity contribution >= 4 is 47.7 Å². The topological polar surface area (TPSA) is 73.6 Å². The minimum atomic E-state index is -3.85. The van der Waals surface area contributed by atoms with E-state index in [4.69, 9.17) is 9.15 Å². The van der Waals surface area contributed by atoms with Crippen LogP contribution in [0.15, 0.2) is 84.0 Å². The molecule has 2 aromatic carbocycles. The van der Waals surface area contributed by atoms with Crippen LogP contribution in [0, 0.1) is 0 Å². The lowest BCUT2D eigenvalue weighted by Gasteiger charge is -2.03. The van der Waals surface area contributed by atoms with Crippen molar-refractivity contribution in [2.45, 2.75) is 9.99 Å². The number of halogens is 2. The van der Waals surface area contributed by atoms with Crippen molar-refractivity contribution in [3.05, 3.63) is 75.4 Å². The SMILES string of the molecule is O=C(Oc1cccc(Br)c1)c1ccc(S(=O)(=O)c2ccc(Br)cc2)o1. The van der Waals surface area contributed by atoms with Crippen LogP contribution in [0.5, 0.6) is 5.75 Å². The summed E-state index contributed by atoms with van der Waals surface area (Å²) in [5, 5.41) is -0.323. The van der Waals surface area contributed by atoms with Gasteiger partial charge in [-0.1, -0.05) is 37.9 Å². The Morgan fingerprint density at radius 1 is 0.920 bits per heavy atom. The summed E-state index contributed by atoms with van der Waals surface area (Å²) in [5.41, 5.74) is 0. The number of carbonyl (C=O) groups excluding carboxylic acids is 1. The predicted molar refractivity (Wildman–Crippen MR) is 97.4 cm³/mol. The third-order valence-corrected chi connectivity index (χ3v) is 5.84. The molecular formula is C17H10Br2O5S. The molecule has 5 nitrogen and oxygen atoms in total. The highest BCUT2D eigenvalue weighted by molar-refractivity contribution is 9.10. The Bertz CT molecular complexity index is 1020. The molecule has 128 valence electrons. The number of rotatable bonds is 4. The summed E-state index contributed by atoms with van der Waals surface area (Å²) in [5.74, 6) is -0.667. The molecule has 0 fully saturated rings. The van der Waals surface area contributed by atoms with Gasteiger partial charge < -0.3 is 9.15 Å². The zero-order valence-electron chi connectivity index (χ0n) is 12.5. The highest BCUT2D eigenvalue weighted by atomic mass is 79.9. The molecule has 0 aliphatic carbocycles. The molecule has 0 saturated carbocycles. The molecule has 1 heterocycles. The maximum absolute atomic E-state index is 12.5. The number of carbonyl (C=O) groups is 1. The first-order chi connectivity index (χ1) is 11.9. The van der Waals surface area contributed by atoms with Gasteiger partial charge in [0, 0.05) is 8.95 Å². The summed E-state index contributed by atoms with van der Waals surface area (Å²) >= 11 is 6.52. The normalized spacial score (nSPS) is 11.3. The zero-order chi connectivity index (χ0) is 18.0. The van der Waals surface area contributed by atoms with Gasteiger partial charge in [-0.25, -0.2) is 13.2 Å². The number of hydrogen-bond donors (Lipinski definition) is 0. The Morgan fingerprint density at radius 2 is 1.64 bits per heavy atom. The van der Waals surface area contributed by atoms with Crippen molar-refractivity contribution in [1.29, 1.82) is 0 Å². The van der Waals surface area contributed by atoms with Gasteiger partial charge in [0.2, 0.25) is 20.7 Å². The Balaban J connectivity index is 1.84. The highest BCUT2D eigenvalue weighted by Crippen LogP contribution is 2.25. The molecule has 0 saturated heterocycles. The molecule has 0 amide bonds. The first kappa shape index (κ1) is 17.9. The monoisotopic (exact) mass is 484 g/mol. The Kier molecular flexibility index (Phi) is 5.12. The fourth-order valence-corrected chi connectivity index (χ4v) is 3.81. The average Bonchev–Trinajstić information content (AvgIpc) is 3.06. The molecule has 3 aromatic rings. The molecule has 0 aliphatic heterocycles. The molecule has 1 aromatic heterocycles. The third-order valence-electron chi connectivity index (χ3n) is 3.18. The molecule has 0 unspecified atom stereocenters. The van der Waals surface area contributed by atoms with E-state index in [9.17, 15) is 13.2 Å². The van der Waals surface area contributed by atoms with Crippen molar-refractivity contribution in [3.63, 3.8) is 0 Å². The van der Waals surface area contributed by atoms with Gasteiger partial charge in [0.05, 0.1) is 4.90 Å². The predicted octanol–water partition coefficient (Wildman–Crippen LogP) is 4.86. The Hall–Kier alpha value is -1.90. The van der Waals surface area contributed by atoms with E-state index in [1.54, 1.807) is 36.4 Å². The number of hydrogen-bond acceptors (Lipinski definition) is 5. The zero-order valence-corrected chi connectivity index (χ0v) is 16.5. The second-order valence-electron chi connectivity index (χ2n) is 4.92. The van der Waals surface area contributed by atoms with Gasteiger partial charge in [0.15, 0.2) is 0 Å². The maximum atomic E-state index is 12.5. The van der Waals surface area contributed by atoms with Crippen LogP contribution in [0.1, 0.15) is 10.6 Å². The summed E-state index contributed by atoms with van der Waals surface area (Å²) in [7, 11) is -3.85. The van der Waals surface area contributed by atoms with E-state index >= 15 is 0 Å². The van der Waals surface area contributed by atoms with Gasteiger partial charge in [-0.2, -0.15) is 0 Å². The van der Waals surface area contributed by atoms with E-state index < -0.39 is 15.8 Å². The van der Waals surface area contributed by atoms with E-state index in [2.05, 4.69) is 31.9 Å². The van der Waals surface area contributed by atoms with Gasteiger partial charge in [0.1, 0.15) is 5.75 Å². The van der Waals surface area contributed by atoms with Crippen LogP contribution >= 0.6 is 31.9 Å². The van der Waals surface area contributed by atoms with Crippen molar-refractivity contribution in [2.75, 3.05) is 0 Å². The lowest BCUT2D eigenvalue weighted by atomic mass is 10.3. The molecule has 0 spiro atoms. The van der Waals surface area contributed by atoms with Crippen molar-refractivity contribution in [3.8, 4) is 5.75 Å². The molecule has 0 radical (unpaired) electrons. The summed E-state index contributed by atoms with van der Waals surface area (Å²) < 4.78 is 36.9. The van der Waals surface area contributed by atoms with E-state index in [1.165, 1.54) is 24.3 Å². The molecular weight excluding hydrogens is 476 g/mol. The average molecular weight is 486 g/mol. The maximum Gasteiger partial charge on any atom is 0.379 e. The van der Waals surface area contributed by atoms with E-state index in [1.807, 2.05) is 0 Å². The largest absolute Gasteiger partial charge is 0.437 e. The summed E-state index contributed by atoms with van der Waals surface area (Å²) in [6, 6.07) is 15.3. The van der Waals surface area contributed by atoms with E-state index in [-0.39, 0.29) is 15.7 Å². The van der Waals surface area contributed by atoms with E-state index in [0.717, 1.165) is 8.95 Å². The van der Waals surface area contributed by atoms with Gasteiger partial charge in [0.25, 0.3) is 0 Å². The quantitative estimate of drug-likeness (QED) is 0.390. The number of furan rings is 1. The first-order valence-corrected chi connectivity index (χ1v) is 10.0. The molecule has 0 bridgehead atoms. The van der Waals surface area contributed by atoms with Crippen LogP contribution in [0.4, 0.5) is 0 Å². The van der Waals surface area contributed by atoms with Crippen LogP contribution in [-0.4, -0.2) is 14.4 Å². The van der Waals surface area contributed by atoms with Crippen LogP contribution in [0.25, 0.3) is 0 Å². The van der Waals surface area contributed by atoms with E-state index in [0.29, 0.717) is 5.75 Å². The van der Waals surface area contributed by atoms with Crippen LogP contribution in [0.2, 0.25) is 0 Å². The molecule has 25 heavy (non-hydrogen) atoms. The third kappa shape index (κ3) is 4.02. The summed E-state index contributed by atoms with van der Waals surface area (Å²) in [6.45, 7) is 0. The molecule has 0 N–H and O–H groups in total. The minimum Gasteiger partial charge on any atom is -0.437 e. The van der Waals surface area contributed by atoms with Crippen LogP contribution < -0.4 is 4.74 Å². The summed E-state index contributed by atoms with van der Waals surface area (Å²) in [6.07, 6.45) is 0. The lowest BCUT2D eigenvalue weighted by Crippen LogP contribution is -2.07. The van der Waals surface area contributed by atoms with Gasteiger partial charge in [-0.05, 0) is 54.6 Å². The number of ether oxygens (including phenoxy) is 1. The number of esters is 1. The number of sulfone groups is 1. The second-order valence-corrected chi connectivity index (χ2v) is 8.63. The van der Waals surface area contributed by atoms with Gasteiger partial charge >= 0.3 is 5.97 Å².